The molecule has 0 bridgehead atoms. The van der Waals surface area contributed by atoms with E-state index in [9.17, 15) is 36.2 Å². The SMILES string of the molecule is O=C(c1cnnc(N(Cc2ccc(-c3noc(C(F)(F)F)n3)s2)c2cnccn2)c1)N1CC(O)(C(F)(F)F)C1. The van der Waals surface area contributed by atoms with Crippen molar-refractivity contribution >= 4 is 28.9 Å². The van der Waals surface area contributed by atoms with E-state index in [4.69, 9.17) is 0 Å². The molecule has 0 radical (unpaired) electrons. The predicted molar refractivity (Wildman–Crippen MR) is 119 cm³/mol. The van der Waals surface area contributed by atoms with Gasteiger partial charge in [0, 0.05) is 17.3 Å². The van der Waals surface area contributed by atoms with Crippen LogP contribution in [-0.2, 0) is 12.7 Å². The summed E-state index contributed by atoms with van der Waals surface area (Å²) in [5.41, 5.74) is -3.06. The fraction of sp³-hybridized carbons (Fsp3) is 0.286. The number of β-amino-alcohol motifs (C(OH)–C–C–N with tert-alkyl or cyclic N) is 1. The van der Waals surface area contributed by atoms with Crippen LogP contribution >= 0.6 is 11.3 Å². The number of carbonyl (C=O) groups excluding carboxylic acids is 1. The molecule has 0 saturated carbocycles. The number of alkyl halides is 6. The van der Waals surface area contributed by atoms with Crippen LogP contribution in [0.25, 0.3) is 10.7 Å². The molecule has 5 heterocycles. The van der Waals surface area contributed by atoms with Crippen LogP contribution < -0.4 is 4.90 Å². The van der Waals surface area contributed by atoms with Gasteiger partial charge >= 0.3 is 18.2 Å². The Morgan fingerprint density at radius 1 is 1.13 bits per heavy atom. The monoisotopic (exact) mass is 572 g/mol. The molecular formula is C21H14F6N8O3S. The van der Waals surface area contributed by atoms with Gasteiger partial charge in [-0.05, 0) is 18.2 Å². The van der Waals surface area contributed by atoms with Gasteiger partial charge in [0.1, 0.15) is 0 Å². The van der Waals surface area contributed by atoms with Crippen molar-refractivity contribution in [3.05, 3.63) is 59.3 Å². The first-order chi connectivity index (χ1) is 18.3. The summed E-state index contributed by atoms with van der Waals surface area (Å²) in [6.07, 6.45) is -4.42. The van der Waals surface area contributed by atoms with E-state index in [-0.39, 0.29) is 34.4 Å². The summed E-state index contributed by atoms with van der Waals surface area (Å²) < 4.78 is 81.6. The Bertz CT molecular complexity index is 1490. The van der Waals surface area contributed by atoms with Gasteiger partial charge in [0.2, 0.25) is 5.82 Å². The van der Waals surface area contributed by atoms with E-state index in [0.29, 0.717) is 4.88 Å². The largest absolute Gasteiger partial charge is 0.471 e. The summed E-state index contributed by atoms with van der Waals surface area (Å²) in [7, 11) is 0. The van der Waals surface area contributed by atoms with Crippen LogP contribution in [0.5, 0.6) is 0 Å². The molecule has 1 aliphatic rings. The van der Waals surface area contributed by atoms with Crippen molar-refractivity contribution in [3.63, 3.8) is 0 Å². The van der Waals surface area contributed by atoms with Crippen molar-refractivity contribution in [2.45, 2.75) is 24.5 Å². The Labute approximate surface area is 217 Å². The highest BCUT2D eigenvalue weighted by Gasteiger charge is 2.62. The van der Waals surface area contributed by atoms with Gasteiger partial charge in [-0.15, -0.1) is 16.4 Å². The summed E-state index contributed by atoms with van der Waals surface area (Å²) in [5.74, 6) is -2.19. The maximum Gasteiger partial charge on any atom is 0.471 e. The lowest BCUT2D eigenvalue weighted by molar-refractivity contribution is -0.294. The van der Waals surface area contributed by atoms with Crippen molar-refractivity contribution in [1.29, 1.82) is 0 Å². The number of aliphatic hydroxyl groups is 1. The smallest absolute Gasteiger partial charge is 0.378 e. The van der Waals surface area contributed by atoms with Crippen LogP contribution in [0.2, 0.25) is 0 Å². The highest BCUT2D eigenvalue weighted by molar-refractivity contribution is 7.15. The molecule has 1 N–H and O–H groups in total. The zero-order chi connectivity index (χ0) is 28.0. The Hall–Kier alpha value is -4.19. The second-order valence-electron chi connectivity index (χ2n) is 8.33. The summed E-state index contributed by atoms with van der Waals surface area (Å²) in [5, 5.41) is 20.8. The quantitative estimate of drug-likeness (QED) is 0.342. The predicted octanol–water partition coefficient (Wildman–Crippen LogP) is 3.48. The average Bonchev–Trinajstić information content (AvgIpc) is 3.55. The first-order valence-electron chi connectivity index (χ1n) is 10.8. The minimum Gasteiger partial charge on any atom is -0.378 e. The molecule has 204 valence electrons. The molecule has 0 aromatic carbocycles. The minimum atomic E-state index is -4.89. The Balaban J connectivity index is 1.39. The van der Waals surface area contributed by atoms with Crippen LogP contribution in [0.15, 0.2) is 47.5 Å². The molecule has 0 atom stereocenters. The molecule has 0 unspecified atom stereocenters. The van der Waals surface area contributed by atoms with Crippen LogP contribution in [0.4, 0.5) is 38.0 Å². The third-order valence-electron chi connectivity index (χ3n) is 5.58. The highest BCUT2D eigenvalue weighted by atomic mass is 32.1. The molecule has 1 saturated heterocycles. The Kier molecular flexibility index (Phi) is 6.45. The Morgan fingerprint density at radius 3 is 2.54 bits per heavy atom. The highest BCUT2D eigenvalue weighted by Crippen LogP contribution is 2.38. The topological polar surface area (TPSA) is 134 Å². The first kappa shape index (κ1) is 26.4. The summed E-state index contributed by atoms with van der Waals surface area (Å²) in [4.78, 5) is 27.5. The zero-order valence-electron chi connectivity index (χ0n) is 19.2. The molecule has 39 heavy (non-hydrogen) atoms. The van der Waals surface area contributed by atoms with Gasteiger partial charge in [0.25, 0.3) is 5.91 Å². The molecule has 5 rings (SSSR count). The number of nitrogens with zero attached hydrogens (tertiary/aromatic N) is 8. The molecule has 4 aromatic heterocycles. The first-order valence-corrected chi connectivity index (χ1v) is 11.6. The average molecular weight is 572 g/mol. The molecule has 0 aliphatic carbocycles. The summed E-state index contributed by atoms with van der Waals surface area (Å²) >= 11 is 1.06. The van der Waals surface area contributed by atoms with Crippen molar-refractivity contribution < 1.29 is 40.8 Å². The molecule has 18 heteroatoms. The van der Waals surface area contributed by atoms with Gasteiger partial charge in [-0.2, -0.15) is 36.4 Å². The minimum absolute atomic E-state index is 0.0389. The lowest BCUT2D eigenvalue weighted by Crippen LogP contribution is -2.70. The van der Waals surface area contributed by atoms with E-state index in [1.165, 1.54) is 35.6 Å². The van der Waals surface area contributed by atoms with E-state index in [1.807, 2.05) is 0 Å². The number of hydrogen-bond acceptors (Lipinski definition) is 11. The molecular weight excluding hydrogens is 558 g/mol. The number of likely N-dealkylation sites (tertiary alicyclic amines) is 1. The van der Waals surface area contributed by atoms with Gasteiger partial charge in [0.15, 0.2) is 17.2 Å². The maximum absolute atomic E-state index is 13.0. The number of aromatic nitrogens is 6. The molecule has 1 aliphatic heterocycles. The molecule has 4 aromatic rings. The lowest BCUT2D eigenvalue weighted by atomic mass is 9.93. The van der Waals surface area contributed by atoms with E-state index < -0.39 is 42.8 Å². The normalized spacial score (nSPS) is 15.2. The van der Waals surface area contributed by atoms with Crippen LogP contribution in [0.3, 0.4) is 0 Å². The van der Waals surface area contributed by atoms with Gasteiger partial charge in [0.05, 0.1) is 42.5 Å². The third-order valence-corrected chi connectivity index (χ3v) is 6.64. The third kappa shape index (κ3) is 5.24. The van der Waals surface area contributed by atoms with Crippen LogP contribution in [0, 0.1) is 0 Å². The lowest BCUT2D eigenvalue weighted by Gasteiger charge is -2.46. The van der Waals surface area contributed by atoms with E-state index in [1.54, 1.807) is 6.07 Å². The van der Waals surface area contributed by atoms with Gasteiger partial charge in [-0.3, -0.25) is 9.78 Å². The van der Waals surface area contributed by atoms with Gasteiger partial charge in [-0.25, -0.2) is 4.98 Å². The number of amides is 1. The van der Waals surface area contributed by atoms with Crippen LogP contribution in [-0.4, -0.2) is 71.1 Å². The van der Waals surface area contributed by atoms with E-state index in [2.05, 4.69) is 34.8 Å². The summed E-state index contributed by atoms with van der Waals surface area (Å²) in [6.45, 7) is -1.81. The fourth-order valence-corrected chi connectivity index (χ4v) is 4.51. The number of carbonyl (C=O) groups is 1. The fourth-order valence-electron chi connectivity index (χ4n) is 3.58. The van der Waals surface area contributed by atoms with Gasteiger partial charge in [-0.1, -0.05) is 5.16 Å². The Morgan fingerprint density at radius 2 is 1.90 bits per heavy atom. The van der Waals surface area contributed by atoms with Crippen molar-refractivity contribution in [3.8, 4) is 10.7 Å². The van der Waals surface area contributed by atoms with Crippen molar-refractivity contribution in [1.82, 2.24) is 35.2 Å². The number of thiophene rings is 1. The summed E-state index contributed by atoms with van der Waals surface area (Å²) in [6, 6.07) is 4.39. The van der Waals surface area contributed by atoms with Crippen molar-refractivity contribution in [2.75, 3.05) is 18.0 Å². The van der Waals surface area contributed by atoms with Gasteiger partial charge < -0.3 is 19.4 Å². The number of halogens is 6. The molecule has 1 fully saturated rings. The second-order valence-corrected chi connectivity index (χ2v) is 9.50. The number of anilines is 2. The number of rotatable bonds is 6. The maximum atomic E-state index is 13.0. The second kappa shape index (κ2) is 9.53. The molecule has 0 spiro atoms. The molecule has 1 amide bonds. The molecule has 11 nitrogen and oxygen atoms in total. The van der Waals surface area contributed by atoms with Crippen LogP contribution in [0.1, 0.15) is 21.1 Å². The van der Waals surface area contributed by atoms with E-state index >= 15 is 0 Å². The van der Waals surface area contributed by atoms with E-state index in [0.717, 1.165) is 22.4 Å². The standard InChI is InChI=1S/C21H14F6N8O3S/c22-20(23,24)18-31-16(33-38-18)13-2-1-12(39-13)8-35(15-7-28-3-4-29-15)14-5-11(6-30-32-14)17(36)34-9-19(37,10-34)21(25,26)27/h1-7,37H,8-10H2. The zero-order valence-corrected chi connectivity index (χ0v) is 20.0. The van der Waals surface area contributed by atoms with Crippen molar-refractivity contribution in [2.24, 2.45) is 0 Å². The number of hydrogen-bond donors (Lipinski definition) is 1.